The Bertz CT molecular complexity index is 908. The van der Waals surface area contributed by atoms with Crippen molar-refractivity contribution in [3.8, 4) is 11.6 Å². The van der Waals surface area contributed by atoms with Gasteiger partial charge in [0.2, 0.25) is 5.88 Å². The first kappa shape index (κ1) is 18.4. The molecule has 1 aromatic heterocycles. The zero-order valence-corrected chi connectivity index (χ0v) is 15.0. The maximum Gasteiger partial charge on any atom is 0.219 e. The fraction of sp³-hybridized carbons (Fsp3) is 0.143. The van der Waals surface area contributed by atoms with Gasteiger partial charge in [-0.1, -0.05) is 19.1 Å². The van der Waals surface area contributed by atoms with Gasteiger partial charge in [-0.15, -0.1) is 0 Å². The van der Waals surface area contributed by atoms with Crippen molar-refractivity contribution in [1.29, 1.82) is 0 Å². The first-order valence-electron chi connectivity index (χ1n) is 8.66. The molecule has 0 fully saturated rings. The van der Waals surface area contributed by atoms with Crippen LogP contribution in [-0.2, 0) is 13.0 Å². The van der Waals surface area contributed by atoms with Crippen LogP contribution in [0.2, 0.25) is 0 Å². The van der Waals surface area contributed by atoms with E-state index in [4.69, 9.17) is 10.5 Å². The number of nitrogens with zero attached hydrogens (tertiary/aromatic N) is 2. The molecule has 0 atom stereocenters. The molecule has 0 amide bonds. The Balaban J connectivity index is 1.61. The summed E-state index contributed by atoms with van der Waals surface area (Å²) in [4.78, 5) is 8.50. The van der Waals surface area contributed by atoms with E-state index < -0.39 is 0 Å². The Labute approximate surface area is 157 Å². The zero-order chi connectivity index (χ0) is 19.1. The number of halogens is 1. The van der Waals surface area contributed by atoms with Gasteiger partial charge < -0.3 is 15.8 Å². The molecule has 1 heterocycles. The highest BCUT2D eigenvalue weighted by atomic mass is 19.1. The largest absolute Gasteiger partial charge is 0.439 e. The summed E-state index contributed by atoms with van der Waals surface area (Å²) in [6.07, 6.45) is 2.63. The summed E-state index contributed by atoms with van der Waals surface area (Å²) in [5, 5.41) is 3.07. The topological polar surface area (TPSA) is 72.5 Å². The molecular weight excluding hydrogens is 343 g/mol. The van der Waals surface area contributed by atoms with Crippen LogP contribution >= 0.6 is 0 Å². The van der Waals surface area contributed by atoms with Crippen LogP contribution in [0.3, 0.4) is 0 Å². The average molecular weight is 364 g/mol. The maximum atomic E-state index is 13.0. The number of nitrogens with two attached hydrogens (primary N) is 1. The second-order valence-electron chi connectivity index (χ2n) is 5.94. The molecule has 3 rings (SSSR count). The number of aryl methyl sites for hydroxylation is 1. The number of anilines is 1. The van der Waals surface area contributed by atoms with Crippen molar-refractivity contribution in [2.45, 2.75) is 19.9 Å². The van der Waals surface area contributed by atoms with E-state index in [-0.39, 0.29) is 5.82 Å². The van der Waals surface area contributed by atoms with Crippen LogP contribution in [0.1, 0.15) is 18.1 Å². The molecule has 0 unspecified atom stereocenters. The van der Waals surface area contributed by atoms with Gasteiger partial charge in [-0.2, -0.15) is 0 Å². The summed E-state index contributed by atoms with van der Waals surface area (Å²) in [5.41, 5.74) is 9.01. The van der Waals surface area contributed by atoms with Crippen LogP contribution in [0.4, 0.5) is 10.1 Å². The molecule has 0 aliphatic rings. The zero-order valence-electron chi connectivity index (χ0n) is 15.0. The van der Waals surface area contributed by atoms with E-state index in [0.29, 0.717) is 24.1 Å². The fourth-order valence-electron chi connectivity index (χ4n) is 2.42. The third-order valence-corrected chi connectivity index (χ3v) is 3.90. The molecule has 3 N–H and O–H groups in total. The second-order valence-corrected chi connectivity index (χ2v) is 5.94. The maximum absolute atomic E-state index is 13.0. The predicted molar refractivity (Wildman–Crippen MR) is 105 cm³/mol. The standard InChI is InChI=1S/C21H21FN4O/c1-2-15-3-7-18(8-4-15)26-21(23)25-14-16-11-12-24-20(13-16)27-19-9-5-17(22)6-10-19/h3-13H,2,14H2,1H3,(H3,23,25,26). The van der Waals surface area contributed by atoms with Gasteiger partial charge in [0.1, 0.15) is 11.6 Å². The van der Waals surface area contributed by atoms with E-state index in [0.717, 1.165) is 17.7 Å². The average Bonchev–Trinajstić information content (AvgIpc) is 2.69. The molecule has 0 spiro atoms. The molecule has 2 aromatic carbocycles. The Morgan fingerprint density at radius 2 is 1.81 bits per heavy atom. The quantitative estimate of drug-likeness (QED) is 0.499. The second kappa shape index (κ2) is 8.80. The fourth-order valence-corrected chi connectivity index (χ4v) is 2.42. The van der Waals surface area contributed by atoms with Crippen molar-refractivity contribution in [1.82, 2.24) is 4.98 Å². The van der Waals surface area contributed by atoms with Crippen LogP contribution in [0.5, 0.6) is 11.6 Å². The molecule has 0 saturated heterocycles. The van der Waals surface area contributed by atoms with Crippen LogP contribution in [-0.4, -0.2) is 10.9 Å². The third-order valence-electron chi connectivity index (χ3n) is 3.90. The SMILES string of the molecule is CCc1ccc(NC(N)=NCc2ccnc(Oc3ccc(F)cc3)c2)cc1. The summed E-state index contributed by atoms with van der Waals surface area (Å²) < 4.78 is 18.6. The van der Waals surface area contributed by atoms with Gasteiger partial charge >= 0.3 is 0 Å². The van der Waals surface area contributed by atoms with E-state index in [1.165, 1.54) is 17.7 Å². The van der Waals surface area contributed by atoms with E-state index in [1.807, 2.05) is 18.2 Å². The van der Waals surface area contributed by atoms with Gasteiger partial charge in [0.05, 0.1) is 6.54 Å². The molecule has 0 bridgehead atoms. The monoisotopic (exact) mass is 364 g/mol. The molecule has 6 heteroatoms. The lowest BCUT2D eigenvalue weighted by Gasteiger charge is -2.07. The predicted octanol–water partition coefficient (Wildman–Crippen LogP) is 4.50. The van der Waals surface area contributed by atoms with E-state index >= 15 is 0 Å². The smallest absolute Gasteiger partial charge is 0.219 e. The van der Waals surface area contributed by atoms with Crippen molar-refractivity contribution in [2.75, 3.05) is 5.32 Å². The summed E-state index contributed by atoms with van der Waals surface area (Å²) in [7, 11) is 0. The minimum absolute atomic E-state index is 0.314. The molecular formula is C21H21FN4O. The molecule has 5 nitrogen and oxygen atoms in total. The van der Waals surface area contributed by atoms with Gasteiger partial charge in [-0.05, 0) is 60.0 Å². The molecule has 138 valence electrons. The van der Waals surface area contributed by atoms with Crippen molar-refractivity contribution in [2.24, 2.45) is 10.7 Å². The minimum Gasteiger partial charge on any atom is -0.439 e. The molecule has 27 heavy (non-hydrogen) atoms. The van der Waals surface area contributed by atoms with Gasteiger partial charge in [-0.3, -0.25) is 0 Å². The van der Waals surface area contributed by atoms with Crippen molar-refractivity contribution < 1.29 is 9.13 Å². The summed E-state index contributed by atoms with van der Waals surface area (Å²) in [5.74, 6) is 0.944. The molecule has 0 aliphatic carbocycles. The number of pyridine rings is 1. The Morgan fingerprint density at radius 3 is 2.52 bits per heavy atom. The highest BCUT2D eigenvalue weighted by molar-refractivity contribution is 5.92. The van der Waals surface area contributed by atoms with Crippen LogP contribution in [0.15, 0.2) is 71.9 Å². The van der Waals surface area contributed by atoms with Crippen molar-refractivity contribution in [3.05, 3.63) is 83.8 Å². The van der Waals surface area contributed by atoms with Crippen molar-refractivity contribution in [3.63, 3.8) is 0 Å². The minimum atomic E-state index is -0.314. The van der Waals surface area contributed by atoms with Gasteiger partial charge in [0, 0.05) is 18.0 Å². The summed E-state index contributed by atoms with van der Waals surface area (Å²) in [6.45, 7) is 2.50. The van der Waals surface area contributed by atoms with Crippen LogP contribution in [0.25, 0.3) is 0 Å². The third kappa shape index (κ3) is 5.54. The number of ether oxygens (including phenoxy) is 1. The highest BCUT2D eigenvalue weighted by Crippen LogP contribution is 2.20. The Kier molecular flexibility index (Phi) is 5.99. The number of aliphatic imine (C=N–C) groups is 1. The number of guanidine groups is 1. The van der Waals surface area contributed by atoms with Gasteiger partial charge in [-0.25, -0.2) is 14.4 Å². The van der Waals surface area contributed by atoms with Gasteiger partial charge in [0.25, 0.3) is 0 Å². The number of aromatic nitrogens is 1. The Hall–Kier alpha value is -3.41. The van der Waals surface area contributed by atoms with Crippen LogP contribution in [0, 0.1) is 5.82 Å². The summed E-state index contributed by atoms with van der Waals surface area (Å²) in [6, 6.07) is 17.4. The van der Waals surface area contributed by atoms with E-state index in [9.17, 15) is 4.39 Å². The molecule has 0 aliphatic heterocycles. The number of rotatable bonds is 6. The lowest BCUT2D eigenvalue weighted by atomic mass is 10.1. The Morgan fingerprint density at radius 1 is 1.07 bits per heavy atom. The molecule has 3 aromatic rings. The van der Waals surface area contributed by atoms with Gasteiger partial charge in [0.15, 0.2) is 5.96 Å². The molecule has 0 saturated carbocycles. The lowest BCUT2D eigenvalue weighted by molar-refractivity contribution is 0.460. The first-order chi connectivity index (χ1) is 13.1. The number of hydrogen-bond acceptors (Lipinski definition) is 3. The molecule has 0 radical (unpaired) electrons. The summed E-state index contributed by atoms with van der Waals surface area (Å²) >= 11 is 0. The number of nitrogens with one attached hydrogen (secondary N) is 1. The van der Waals surface area contributed by atoms with E-state index in [2.05, 4.69) is 34.3 Å². The van der Waals surface area contributed by atoms with E-state index in [1.54, 1.807) is 24.4 Å². The highest BCUT2D eigenvalue weighted by Gasteiger charge is 2.02. The normalized spacial score (nSPS) is 11.3. The first-order valence-corrected chi connectivity index (χ1v) is 8.66. The van der Waals surface area contributed by atoms with Crippen molar-refractivity contribution >= 4 is 11.6 Å². The lowest BCUT2D eigenvalue weighted by Crippen LogP contribution is -2.22. The van der Waals surface area contributed by atoms with Crippen LogP contribution < -0.4 is 15.8 Å². The number of benzene rings is 2. The number of hydrogen-bond donors (Lipinski definition) is 2.